The number of anilines is 1. The molecule has 0 saturated carbocycles. The first kappa shape index (κ1) is 20.0. The van der Waals surface area contributed by atoms with Gasteiger partial charge in [-0.3, -0.25) is 9.59 Å². The van der Waals surface area contributed by atoms with Crippen LogP contribution in [0.1, 0.15) is 0 Å². The van der Waals surface area contributed by atoms with E-state index in [-0.39, 0.29) is 17.4 Å². The molecule has 4 rings (SSSR count). The summed E-state index contributed by atoms with van der Waals surface area (Å²) >= 11 is 2.44. The zero-order valence-corrected chi connectivity index (χ0v) is 16.5. The van der Waals surface area contributed by atoms with Gasteiger partial charge < -0.3 is 10.1 Å². The molecule has 3 heterocycles. The van der Waals surface area contributed by atoms with Crippen LogP contribution in [0.2, 0.25) is 0 Å². The molecule has 12 heteroatoms. The number of carbonyl (C=O) groups is 1. The van der Waals surface area contributed by atoms with Gasteiger partial charge in [0.25, 0.3) is 5.56 Å². The number of amides is 1. The molecule has 1 aromatic carbocycles. The Morgan fingerprint density at radius 1 is 1.20 bits per heavy atom. The normalized spacial score (nSPS) is 11.6. The van der Waals surface area contributed by atoms with Crippen LogP contribution in [0, 0.1) is 0 Å². The number of rotatable bonds is 5. The number of fused-ring (bicyclic) bond motifs is 1. The van der Waals surface area contributed by atoms with Crippen LogP contribution in [0.5, 0.6) is 5.75 Å². The van der Waals surface area contributed by atoms with Gasteiger partial charge in [0.05, 0.1) is 15.1 Å². The molecule has 30 heavy (non-hydrogen) atoms. The summed E-state index contributed by atoms with van der Waals surface area (Å²) in [6.45, 7) is -0.337. The average Bonchev–Trinajstić information content (AvgIpc) is 3.31. The number of thiophene rings is 1. The number of aromatic nitrogens is 3. The third-order valence-electron chi connectivity index (χ3n) is 3.77. The van der Waals surface area contributed by atoms with Crippen LogP contribution in [0.3, 0.4) is 0 Å². The molecule has 0 bridgehead atoms. The molecule has 0 aliphatic heterocycles. The number of hydrogen-bond acceptors (Lipinski definition) is 7. The summed E-state index contributed by atoms with van der Waals surface area (Å²) in [5.74, 6) is -0.920. The number of carbonyl (C=O) groups excluding carboxylic acids is 1. The molecule has 0 radical (unpaired) electrons. The second-order valence-corrected chi connectivity index (χ2v) is 7.91. The zero-order valence-electron chi connectivity index (χ0n) is 14.8. The molecule has 0 saturated heterocycles. The fourth-order valence-corrected chi connectivity index (χ4v) is 4.17. The van der Waals surface area contributed by atoms with Gasteiger partial charge in [0.1, 0.15) is 18.0 Å². The first-order chi connectivity index (χ1) is 14.3. The number of thiazole rings is 1. The van der Waals surface area contributed by atoms with E-state index in [0.29, 0.717) is 15.9 Å². The molecule has 0 fully saturated rings. The number of alkyl halides is 3. The summed E-state index contributed by atoms with van der Waals surface area (Å²) in [4.78, 5) is 29.4. The highest BCUT2D eigenvalue weighted by Crippen LogP contribution is 2.31. The van der Waals surface area contributed by atoms with Crippen LogP contribution in [0.25, 0.3) is 20.8 Å². The summed E-state index contributed by atoms with van der Waals surface area (Å²) in [6, 6.07) is 10.3. The Bertz CT molecular complexity index is 1270. The Kier molecular flexibility index (Phi) is 5.26. The molecule has 0 aliphatic carbocycles. The van der Waals surface area contributed by atoms with Gasteiger partial charge >= 0.3 is 6.36 Å². The first-order valence-electron chi connectivity index (χ1n) is 8.35. The zero-order chi connectivity index (χ0) is 21.3. The quantitative estimate of drug-likeness (QED) is 0.492. The number of ether oxygens (including phenoxy) is 1. The highest BCUT2D eigenvalue weighted by molar-refractivity contribution is 7.22. The fraction of sp³-hybridized carbons (Fsp3) is 0.111. The lowest BCUT2D eigenvalue weighted by molar-refractivity contribution is -0.274. The predicted molar refractivity (Wildman–Crippen MR) is 107 cm³/mol. The summed E-state index contributed by atoms with van der Waals surface area (Å²) < 4.78 is 42.4. The predicted octanol–water partition coefficient (Wildman–Crippen LogP) is 4.12. The molecule has 1 amide bonds. The summed E-state index contributed by atoms with van der Waals surface area (Å²) in [5.41, 5.74) is 0.526. The Morgan fingerprint density at radius 2 is 2.03 bits per heavy atom. The molecule has 0 atom stereocenters. The maximum Gasteiger partial charge on any atom is 0.573 e. The third-order valence-corrected chi connectivity index (χ3v) is 5.60. The lowest BCUT2D eigenvalue weighted by atomic mass is 10.3. The van der Waals surface area contributed by atoms with Gasteiger partial charge in [-0.25, -0.2) is 9.67 Å². The van der Waals surface area contributed by atoms with Crippen molar-refractivity contribution in [3.05, 3.63) is 58.2 Å². The topological polar surface area (TPSA) is 86.1 Å². The van der Waals surface area contributed by atoms with Crippen molar-refractivity contribution in [2.24, 2.45) is 0 Å². The van der Waals surface area contributed by atoms with Gasteiger partial charge in [-0.15, -0.1) is 24.5 Å². The molecular weight excluding hydrogens is 441 g/mol. The maximum atomic E-state index is 12.4. The van der Waals surface area contributed by atoms with Crippen molar-refractivity contribution in [1.29, 1.82) is 0 Å². The lowest BCUT2D eigenvalue weighted by Gasteiger charge is -2.07. The summed E-state index contributed by atoms with van der Waals surface area (Å²) in [6.07, 6.45) is -4.80. The van der Waals surface area contributed by atoms with Crippen LogP contribution in [0.15, 0.2) is 52.6 Å². The van der Waals surface area contributed by atoms with Crippen molar-refractivity contribution in [2.75, 3.05) is 5.32 Å². The van der Waals surface area contributed by atoms with Crippen molar-refractivity contribution in [2.45, 2.75) is 12.9 Å². The van der Waals surface area contributed by atoms with E-state index in [2.05, 4.69) is 20.1 Å². The molecule has 0 unspecified atom stereocenters. The van der Waals surface area contributed by atoms with E-state index in [0.717, 1.165) is 27.0 Å². The minimum Gasteiger partial charge on any atom is -0.406 e. The van der Waals surface area contributed by atoms with Crippen LogP contribution >= 0.6 is 22.7 Å². The number of benzene rings is 1. The maximum absolute atomic E-state index is 12.4. The standard InChI is InChI=1S/C18H11F3N4O3S2/c19-18(20,21)28-10-3-4-11-14(8-10)30-17(22-11)23-15(26)9-25-16(27)6-5-12(24-25)13-2-1-7-29-13/h1-8H,9H2,(H,22,23,26). The lowest BCUT2D eigenvalue weighted by Crippen LogP contribution is -2.29. The summed E-state index contributed by atoms with van der Waals surface area (Å²) in [5, 5.41) is 8.79. The molecule has 1 N–H and O–H groups in total. The minimum absolute atomic E-state index is 0.182. The van der Waals surface area contributed by atoms with Crippen molar-refractivity contribution in [3.63, 3.8) is 0 Å². The molecule has 0 spiro atoms. The molecular formula is C18H11F3N4O3S2. The second kappa shape index (κ2) is 7.88. The SMILES string of the molecule is O=C(Cn1nc(-c2cccs2)ccc1=O)Nc1nc2ccc(OC(F)(F)F)cc2s1. The third kappa shape index (κ3) is 4.66. The van der Waals surface area contributed by atoms with E-state index >= 15 is 0 Å². The van der Waals surface area contributed by atoms with Crippen LogP contribution in [-0.2, 0) is 11.3 Å². The van der Waals surface area contributed by atoms with Crippen molar-refractivity contribution < 1.29 is 22.7 Å². The highest BCUT2D eigenvalue weighted by atomic mass is 32.1. The van der Waals surface area contributed by atoms with E-state index in [1.165, 1.54) is 29.5 Å². The van der Waals surface area contributed by atoms with Gasteiger partial charge in [0, 0.05) is 12.1 Å². The smallest absolute Gasteiger partial charge is 0.406 e. The number of nitrogens with zero attached hydrogens (tertiary/aromatic N) is 3. The molecule has 4 aromatic rings. The van der Waals surface area contributed by atoms with Gasteiger partial charge in [0.15, 0.2) is 5.13 Å². The number of halogens is 3. The molecule has 0 aliphatic rings. The molecule has 7 nitrogen and oxygen atoms in total. The van der Waals surface area contributed by atoms with Gasteiger partial charge in [-0.05, 0) is 29.6 Å². The molecule has 3 aromatic heterocycles. The van der Waals surface area contributed by atoms with E-state index in [1.807, 2.05) is 17.5 Å². The Balaban J connectivity index is 1.50. The van der Waals surface area contributed by atoms with Crippen LogP contribution in [0.4, 0.5) is 18.3 Å². The Labute approximate surface area is 174 Å². The van der Waals surface area contributed by atoms with Crippen molar-refractivity contribution >= 4 is 43.9 Å². The largest absolute Gasteiger partial charge is 0.573 e. The number of nitrogens with one attached hydrogen (secondary N) is 1. The van der Waals surface area contributed by atoms with Gasteiger partial charge in [0.2, 0.25) is 5.91 Å². The van der Waals surface area contributed by atoms with Crippen LogP contribution in [-0.4, -0.2) is 27.0 Å². The van der Waals surface area contributed by atoms with Crippen molar-refractivity contribution in [1.82, 2.24) is 14.8 Å². The molecule has 154 valence electrons. The second-order valence-electron chi connectivity index (χ2n) is 5.94. The monoisotopic (exact) mass is 452 g/mol. The van der Waals surface area contributed by atoms with Gasteiger partial charge in [-0.1, -0.05) is 17.4 Å². The highest BCUT2D eigenvalue weighted by Gasteiger charge is 2.31. The van der Waals surface area contributed by atoms with E-state index < -0.39 is 17.8 Å². The Morgan fingerprint density at radius 3 is 2.77 bits per heavy atom. The van der Waals surface area contributed by atoms with Gasteiger partial charge in [-0.2, -0.15) is 5.10 Å². The van der Waals surface area contributed by atoms with E-state index in [4.69, 9.17) is 0 Å². The minimum atomic E-state index is -4.80. The van der Waals surface area contributed by atoms with Crippen LogP contribution < -0.4 is 15.6 Å². The van der Waals surface area contributed by atoms with E-state index in [9.17, 15) is 22.8 Å². The first-order valence-corrected chi connectivity index (χ1v) is 10.0. The average molecular weight is 452 g/mol. The fourth-order valence-electron chi connectivity index (χ4n) is 2.57. The summed E-state index contributed by atoms with van der Waals surface area (Å²) in [7, 11) is 0. The Hall–Kier alpha value is -3.25. The number of hydrogen-bond donors (Lipinski definition) is 1. The van der Waals surface area contributed by atoms with E-state index in [1.54, 1.807) is 6.07 Å². The van der Waals surface area contributed by atoms with Crippen molar-refractivity contribution in [3.8, 4) is 16.3 Å².